The molecule has 0 rings (SSSR count). The topological polar surface area (TPSA) is 216 Å². The summed E-state index contributed by atoms with van der Waals surface area (Å²) in [5, 5.41) is 19.5. The molecule has 0 spiro atoms. The summed E-state index contributed by atoms with van der Waals surface area (Å²) in [6.07, 6.45) is 43.7. The fraction of sp³-hybridized carbons (Fsp3) is 0.652. The number of carbonyl (C=O) groups is 2. The normalized spacial score (nSPS) is 15.3. The molecule has 0 radical (unpaired) electrons. The molecule has 5 N–H and O–H groups in total. The second-order valence-corrected chi connectivity index (χ2v) is 17.5. The Labute approximate surface area is 371 Å². The third kappa shape index (κ3) is 43.9. The Morgan fingerprint density at radius 2 is 0.952 bits per heavy atom. The van der Waals surface area contributed by atoms with Gasteiger partial charge < -0.3 is 34.4 Å². The van der Waals surface area contributed by atoms with Gasteiger partial charge in [-0.25, -0.2) is 9.13 Å². The van der Waals surface area contributed by atoms with E-state index in [1.54, 1.807) is 0 Å². The first-order valence-corrected chi connectivity index (χ1v) is 25.4. The number of phosphoric acid groups is 2. The van der Waals surface area contributed by atoms with Gasteiger partial charge in [-0.2, -0.15) is 0 Å². The second kappa shape index (κ2) is 41.0. The van der Waals surface area contributed by atoms with E-state index in [2.05, 4.69) is 71.5 Å². The van der Waals surface area contributed by atoms with Gasteiger partial charge in [0, 0.05) is 12.8 Å². The first kappa shape index (κ1) is 59.3. The molecule has 0 heterocycles. The molecule has 16 heteroatoms. The molecule has 0 aliphatic rings. The maximum atomic E-state index is 12.6. The Kier molecular flexibility index (Phi) is 39.2. The van der Waals surface area contributed by atoms with Crippen molar-refractivity contribution >= 4 is 27.6 Å². The highest BCUT2D eigenvalue weighted by Gasteiger charge is 2.28. The minimum atomic E-state index is -4.88. The van der Waals surface area contributed by atoms with E-state index >= 15 is 0 Å². The van der Waals surface area contributed by atoms with Gasteiger partial charge in [-0.3, -0.25) is 23.2 Å². The lowest BCUT2D eigenvalue weighted by Crippen LogP contribution is -2.29. The van der Waals surface area contributed by atoms with E-state index in [0.29, 0.717) is 32.1 Å². The van der Waals surface area contributed by atoms with Crippen molar-refractivity contribution in [3.8, 4) is 0 Å². The highest BCUT2D eigenvalue weighted by atomic mass is 31.2. The van der Waals surface area contributed by atoms with Gasteiger partial charge in [0.2, 0.25) is 0 Å². The van der Waals surface area contributed by atoms with E-state index in [9.17, 15) is 33.8 Å². The molecular weight excluding hydrogens is 838 g/mol. The highest BCUT2D eigenvalue weighted by molar-refractivity contribution is 7.47. The first-order valence-electron chi connectivity index (χ1n) is 22.4. The molecule has 0 aromatic rings. The van der Waals surface area contributed by atoms with Crippen molar-refractivity contribution in [2.24, 2.45) is 0 Å². The van der Waals surface area contributed by atoms with E-state index in [1.807, 2.05) is 36.5 Å². The van der Waals surface area contributed by atoms with Crippen LogP contribution in [-0.4, -0.2) is 81.6 Å². The van der Waals surface area contributed by atoms with Crippen LogP contribution in [0.1, 0.15) is 149 Å². The molecule has 2 unspecified atom stereocenters. The summed E-state index contributed by atoms with van der Waals surface area (Å²) in [5.74, 6) is -1.19. The quantitative estimate of drug-likeness (QED) is 0.0167. The number of hydrogen-bond donors (Lipinski definition) is 5. The molecule has 0 aliphatic heterocycles. The number of esters is 2. The van der Waals surface area contributed by atoms with Crippen LogP contribution in [0.2, 0.25) is 0 Å². The number of aliphatic hydroxyl groups is 2. The lowest BCUT2D eigenvalue weighted by atomic mass is 10.1. The molecule has 0 aromatic heterocycles. The third-order valence-electron chi connectivity index (χ3n) is 8.80. The Balaban J connectivity index is 4.71. The Hall–Kier alpha value is -2.74. The summed E-state index contributed by atoms with van der Waals surface area (Å²) < 4.78 is 47.6. The molecule has 0 aromatic carbocycles. The molecule has 0 aliphatic carbocycles. The Morgan fingerprint density at radius 1 is 0.500 bits per heavy atom. The maximum absolute atomic E-state index is 12.6. The predicted octanol–water partition coefficient (Wildman–Crippen LogP) is 10.5. The zero-order valence-electron chi connectivity index (χ0n) is 37.3. The van der Waals surface area contributed by atoms with E-state index in [-0.39, 0.29) is 18.9 Å². The van der Waals surface area contributed by atoms with Crippen LogP contribution in [0.5, 0.6) is 0 Å². The second-order valence-electron chi connectivity index (χ2n) is 14.8. The fourth-order valence-corrected chi connectivity index (χ4v) is 6.59. The van der Waals surface area contributed by atoms with Gasteiger partial charge in [0.1, 0.15) is 12.7 Å². The average molecular weight is 917 g/mol. The summed E-state index contributed by atoms with van der Waals surface area (Å²) in [6, 6.07) is 0. The summed E-state index contributed by atoms with van der Waals surface area (Å²) in [6.45, 7) is 1.41. The average Bonchev–Trinajstić information content (AvgIpc) is 3.22. The SMILES string of the molecule is CCCCCCCC/C=C\C/C=C\C/C=C\CCCC(=O)OC[C@H](COP(=O)(O)OC[C@@H](O)COP(=O)(O)O)OC(=O)CCC/C=C\C/C=C\C/C=C\C/C=C\CC(O)CCC. The number of ether oxygens (including phenoxy) is 2. The van der Waals surface area contributed by atoms with Gasteiger partial charge in [-0.05, 0) is 83.5 Å². The molecule has 0 fully saturated rings. The molecule has 0 amide bonds. The van der Waals surface area contributed by atoms with Crippen LogP contribution in [0.3, 0.4) is 0 Å². The van der Waals surface area contributed by atoms with Crippen molar-refractivity contribution in [1.82, 2.24) is 0 Å². The van der Waals surface area contributed by atoms with E-state index in [4.69, 9.17) is 23.8 Å². The molecular formula is C46H78O14P2. The van der Waals surface area contributed by atoms with Gasteiger partial charge in [-0.1, -0.05) is 137 Å². The summed E-state index contributed by atoms with van der Waals surface area (Å²) in [4.78, 5) is 52.7. The minimum absolute atomic E-state index is 0.0258. The van der Waals surface area contributed by atoms with Gasteiger partial charge in [0.25, 0.3) is 0 Å². The molecule has 14 nitrogen and oxygen atoms in total. The first-order chi connectivity index (χ1) is 29.8. The van der Waals surface area contributed by atoms with Crippen LogP contribution in [0.25, 0.3) is 0 Å². The number of allylic oxidation sites excluding steroid dienone is 13. The van der Waals surface area contributed by atoms with Crippen LogP contribution in [0.15, 0.2) is 85.1 Å². The van der Waals surface area contributed by atoms with Crippen LogP contribution in [0.4, 0.5) is 0 Å². The third-order valence-corrected chi connectivity index (χ3v) is 10.2. The van der Waals surface area contributed by atoms with Gasteiger partial charge in [0.15, 0.2) is 6.10 Å². The highest BCUT2D eigenvalue weighted by Crippen LogP contribution is 2.43. The predicted molar refractivity (Wildman–Crippen MR) is 245 cm³/mol. The van der Waals surface area contributed by atoms with E-state index in [0.717, 1.165) is 51.4 Å². The van der Waals surface area contributed by atoms with Gasteiger partial charge in [-0.15, -0.1) is 0 Å². The van der Waals surface area contributed by atoms with Crippen LogP contribution < -0.4 is 0 Å². The number of phosphoric ester groups is 2. The molecule has 0 bridgehead atoms. The molecule has 0 saturated heterocycles. The molecule has 62 heavy (non-hydrogen) atoms. The standard InChI is InChI=1S/C46H78O14P2/c1-3-5-6-7-8-9-10-11-12-13-14-17-20-23-26-29-32-36-45(49)56-40-44(41-59-62(54,55)58-39-43(48)38-57-61(51,52)53)60-46(50)37-33-30-27-24-21-18-15-16-19-22-25-28-31-35-42(47)34-4-2/h11-12,14-15,17-19,22-24,26-28,31,42-44,47-48H,3-10,13,16,20-21,25,29-30,32-41H2,1-2H3,(H,54,55)(H2,51,52,53)/b12-11-,17-14-,18-15-,22-19-,26-23-,27-24-,31-28-/t42?,43-,44+/m0/s1. The minimum Gasteiger partial charge on any atom is -0.462 e. The van der Waals surface area contributed by atoms with Crippen molar-refractivity contribution in [2.75, 3.05) is 26.4 Å². The number of hydrogen-bond acceptors (Lipinski definition) is 11. The monoisotopic (exact) mass is 916 g/mol. The Bertz CT molecular complexity index is 1430. The van der Waals surface area contributed by atoms with E-state index < -0.39 is 66.2 Å². The summed E-state index contributed by atoms with van der Waals surface area (Å²) in [5.41, 5.74) is 0. The number of unbranched alkanes of at least 4 members (excludes halogenated alkanes) is 8. The maximum Gasteiger partial charge on any atom is 0.472 e. The lowest BCUT2D eigenvalue weighted by molar-refractivity contribution is -0.161. The number of rotatable bonds is 41. The number of aliphatic hydroxyl groups excluding tert-OH is 2. The van der Waals surface area contributed by atoms with Crippen molar-refractivity contribution in [1.29, 1.82) is 0 Å². The summed E-state index contributed by atoms with van der Waals surface area (Å²) in [7, 11) is -9.73. The van der Waals surface area contributed by atoms with Crippen LogP contribution in [0, 0.1) is 0 Å². The van der Waals surface area contributed by atoms with Crippen molar-refractivity contribution in [2.45, 2.75) is 167 Å². The van der Waals surface area contributed by atoms with E-state index in [1.165, 1.54) is 38.5 Å². The Morgan fingerprint density at radius 3 is 1.48 bits per heavy atom. The zero-order valence-corrected chi connectivity index (χ0v) is 39.1. The largest absolute Gasteiger partial charge is 0.472 e. The van der Waals surface area contributed by atoms with Crippen molar-refractivity contribution < 1.29 is 66.7 Å². The smallest absolute Gasteiger partial charge is 0.462 e. The lowest BCUT2D eigenvalue weighted by Gasteiger charge is -2.20. The molecule has 4 atom stereocenters. The fourth-order valence-electron chi connectivity index (χ4n) is 5.43. The number of carbonyl (C=O) groups excluding carboxylic acids is 2. The van der Waals surface area contributed by atoms with Crippen molar-refractivity contribution in [3.05, 3.63) is 85.1 Å². The molecule has 0 saturated carbocycles. The van der Waals surface area contributed by atoms with Crippen molar-refractivity contribution in [3.63, 3.8) is 0 Å². The zero-order chi connectivity index (χ0) is 46.0. The molecule has 356 valence electrons. The summed E-state index contributed by atoms with van der Waals surface area (Å²) >= 11 is 0. The van der Waals surface area contributed by atoms with Gasteiger partial charge >= 0.3 is 27.6 Å². The van der Waals surface area contributed by atoms with Gasteiger partial charge in [0.05, 0.1) is 25.9 Å². The van der Waals surface area contributed by atoms with Crippen LogP contribution in [-0.2, 0) is 41.8 Å². The van der Waals surface area contributed by atoms with Crippen LogP contribution >= 0.6 is 15.6 Å².